The quantitative estimate of drug-likeness (QED) is 0.830. The maximum absolute atomic E-state index is 12.5. The van der Waals surface area contributed by atoms with Crippen LogP contribution in [0.3, 0.4) is 0 Å². The molecule has 5 heteroatoms. The first-order valence-corrected chi connectivity index (χ1v) is 8.11. The first kappa shape index (κ1) is 16.8. The Morgan fingerprint density at radius 2 is 2.00 bits per heavy atom. The summed E-state index contributed by atoms with van der Waals surface area (Å²) < 4.78 is 0. The number of carbonyl (C=O) groups excluding carboxylic acids is 2. The van der Waals surface area contributed by atoms with E-state index in [-0.39, 0.29) is 17.7 Å². The Labute approximate surface area is 139 Å². The number of rotatable bonds is 5. The van der Waals surface area contributed by atoms with Crippen LogP contribution < -0.4 is 10.6 Å². The Kier molecular flexibility index (Phi) is 5.56. The first-order valence-electron chi connectivity index (χ1n) is 7.23. The Hall–Kier alpha value is -2.58. The van der Waals surface area contributed by atoms with E-state index in [9.17, 15) is 9.59 Å². The topological polar surface area (TPSA) is 58.2 Å². The van der Waals surface area contributed by atoms with E-state index in [4.69, 9.17) is 6.42 Å². The number of carbonyl (C=O) groups is 2. The molecule has 2 aromatic rings. The third kappa shape index (κ3) is 4.44. The minimum Gasteiger partial charge on any atom is -0.339 e. The standard InChI is InChI=1S/C18H18N2O2S/c1-4-13-7-5-8-14(11-13)19-18(22)16(12(2)3)20-17(21)15-9-6-10-23-15/h1,5-12,16H,2-3H3,(H,19,22)(H,20,21). The summed E-state index contributed by atoms with van der Waals surface area (Å²) in [6.07, 6.45) is 5.36. The van der Waals surface area contributed by atoms with Crippen LogP contribution in [-0.2, 0) is 4.79 Å². The molecule has 1 aromatic carbocycles. The van der Waals surface area contributed by atoms with Crippen LogP contribution in [0.2, 0.25) is 0 Å². The lowest BCUT2D eigenvalue weighted by molar-refractivity contribution is -0.118. The molecule has 1 atom stereocenters. The molecular formula is C18H18N2O2S. The van der Waals surface area contributed by atoms with E-state index in [1.807, 2.05) is 19.2 Å². The first-order chi connectivity index (χ1) is 11.0. The highest BCUT2D eigenvalue weighted by molar-refractivity contribution is 7.12. The second-order valence-electron chi connectivity index (χ2n) is 5.39. The minimum atomic E-state index is -0.626. The highest BCUT2D eigenvalue weighted by atomic mass is 32.1. The molecule has 2 rings (SSSR count). The van der Waals surface area contributed by atoms with E-state index >= 15 is 0 Å². The zero-order valence-electron chi connectivity index (χ0n) is 13.0. The van der Waals surface area contributed by atoms with Crippen LogP contribution in [0.5, 0.6) is 0 Å². The van der Waals surface area contributed by atoms with E-state index in [1.54, 1.807) is 36.4 Å². The normalized spacial score (nSPS) is 11.6. The summed E-state index contributed by atoms with van der Waals surface area (Å²) in [6.45, 7) is 3.77. The van der Waals surface area contributed by atoms with Gasteiger partial charge in [0.05, 0.1) is 4.88 Å². The zero-order valence-corrected chi connectivity index (χ0v) is 13.8. The Balaban J connectivity index is 2.09. The Morgan fingerprint density at radius 3 is 2.61 bits per heavy atom. The Bertz CT molecular complexity index is 730. The molecule has 23 heavy (non-hydrogen) atoms. The highest BCUT2D eigenvalue weighted by Crippen LogP contribution is 2.14. The van der Waals surface area contributed by atoms with Crippen LogP contribution in [0.4, 0.5) is 5.69 Å². The van der Waals surface area contributed by atoms with Crippen LogP contribution in [0, 0.1) is 18.3 Å². The van der Waals surface area contributed by atoms with Gasteiger partial charge in [-0.3, -0.25) is 9.59 Å². The SMILES string of the molecule is C#Cc1cccc(NC(=O)C(NC(=O)c2cccs2)C(C)C)c1. The van der Waals surface area contributed by atoms with Gasteiger partial charge in [-0.2, -0.15) is 0 Å². The monoisotopic (exact) mass is 326 g/mol. The summed E-state index contributed by atoms with van der Waals surface area (Å²) in [6, 6.07) is 9.95. The molecule has 1 heterocycles. The largest absolute Gasteiger partial charge is 0.339 e. The molecule has 0 bridgehead atoms. The van der Waals surface area contributed by atoms with Crippen molar-refractivity contribution < 1.29 is 9.59 Å². The van der Waals surface area contributed by atoms with Gasteiger partial charge < -0.3 is 10.6 Å². The molecule has 0 fully saturated rings. The summed E-state index contributed by atoms with van der Waals surface area (Å²) in [5.74, 6) is 1.97. The maximum atomic E-state index is 12.5. The second-order valence-corrected chi connectivity index (χ2v) is 6.33. The van der Waals surface area contributed by atoms with E-state index in [0.29, 0.717) is 16.1 Å². The van der Waals surface area contributed by atoms with Crippen molar-refractivity contribution in [2.45, 2.75) is 19.9 Å². The van der Waals surface area contributed by atoms with Crippen molar-refractivity contribution >= 4 is 28.8 Å². The average Bonchev–Trinajstić information content (AvgIpc) is 3.06. The lowest BCUT2D eigenvalue weighted by Gasteiger charge is -2.21. The molecular weight excluding hydrogens is 308 g/mol. The molecule has 2 N–H and O–H groups in total. The molecule has 1 unspecified atom stereocenters. The van der Waals surface area contributed by atoms with Gasteiger partial charge in [-0.15, -0.1) is 17.8 Å². The highest BCUT2D eigenvalue weighted by Gasteiger charge is 2.25. The van der Waals surface area contributed by atoms with Gasteiger partial charge in [-0.05, 0) is 35.6 Å². The van der Waals surface area contributed by atoms with Crippen LogP contribution >= 0.6 is 11.3 Å². The number of terminal acetylenes is 1. The van der Waals surface area contributed by atoms with Crippen molar-refractivity contribution in [3.8, 4) is 12.3 Å². The molecule has 0 saturated carbocycles. The van der Waals surface area contributed by atoms with Crippen LogP contribution in [-0.4, -0.2) is 17.9 Å². The summed E-state index contributed by atoms with van der Waals surface area (Å²) in [4.78, 5) is 25.2. The molecule has 0 radical (unpaired) electrons. The van der Waals surface area contributed by atoms with Crippen molar-refractivity contribution in [2.75, 3.05) is 5.32 Å². The molecule has 2 amide bonds. The lowest BCUT2D eigenvalue weighted by Crippen LogP contribution is -2.46. The second kappa shape index (κ2) is 7.61. The fourth-order valence-electron chi connectivity index (χ4n) is 2.06. The van der Waals surface area contributed by atoms with Gasteiger partial charge >= 0.3 is 0 Å². The van der Waals surface area contributed by atoms with Gasteiger partial charge in [0, 0.05) is 11.3 Å². The average molecular weight is 326 g/mol. The molecule has 0 aliphatic carbocycles. The summed E-state index contributed by atoms with van der Waals surface area (Å²) >= 11 is 1.34. The molecule has 1 aromatic heterocycles. The number of anilines is 1. The summed E-state index contributed by atoms with van der Waals surface area (Å²) in [5, 5.41) is 7.41. The van der Waals surface area contributed by atoms with E-state index < -0.39 is 6.04 Å². The van der Waals surface area contributed by atoms with Crippen LogP contribution in [0.25, 0.3) is 0 Å². The van der Waals surface area contributed by atoms with Gasteiger partial charge in [-0.25, -0.2) is 0 Å². The van der Waals surface area contributed by atoms with Crippen molar-refractivity contribution in [3.05, 3.63) is 52.2 Å². The lowest BCUT2D eigenvalue weighted by atomic mass is 10.0. The summed E-state index contributed by atoms with van der Waals surface area (Å²) in [5.41, 5.74) is 1.30. The number of amides is 2. The molecule has 4 nitrogen and oxygen atoms in total. The van der Waals surface area contributed by atoms with E-state index in [2.05, 4.69) is 16.6 Å². The molecule has 0 spiro atoms. The fraction of sp³-hybridized carbons (Fsp3) is 0.222. The van der Waals surface area contributed by atoms with Crippen molar-refractivity contribution in [1.29, 1.82) is 0 Å². The van der Waals surface area contributed by atoms with Crippen molar-refractivity contribution in [1.82, 2.24) is 5.32 Å². The smallest absolute Gasteiger partial charge is 0.262 e. The fourth-order valence-corrected chi connectivity index (χ4v) is 2.69. The third-order valence-electron chi connectivity index (χ3n) is 3.28. The Morgan fingerprint density at radius 1 is 1.22 bits per heavy atom. The zero-order chi connectivity index (χ0) is 16.8. The van der Waals surface area contributed by atoms with Crippen molar-refractivity contribution in [2.24, 2.45) is 5.92 Å². The van der Waals surface area contributed by atoms with Gasteiger partial charge in [-0.1, -0.05) is 31.9 Å². The minimum absolute atomic E-state index is 0.0465. The van der Waals surface area contributed by atoms with Crippen molar-refractivity contribution in [3.63, 3.8) is 0 Å². The van der Waals surface area contributed by atoms with E-state index in [0.717, 1.165) is 0 Å². The number of thiophene rings is 1. The predicted molar refractivity (Wildman–Crippen MR) is 93.4 cm³/mol. The molecule has 0 aliphatic rings. The molecule has 0 saturated heterocycles. The van der Waals surface area contributed by atoms with Crippen LogP contribution in [0.15, 0.2) is 41.8 Å². The predicted octanol–water partition coefficient (Wildman–Crippen LogP) is 3.12. The molecule has 0 aliphatic heterocycles. The number of hydrogen-bond donors (Lipinski definition) is 2. The number of benzene rings is 1. The van der Waals surface area contributed by atoms with Gasteiger partial charge in [0.1, 0.15) is 6.04 Å². The number of nitrogens with one attached hydrogen (secondary N) is 2. The summed E-state index contributed by atoms with van der Waals surface area (Å²) in [7, 11) is 0. The van der Waals surface area contributed by atoms with Crippen LogP contribution in [0.1, 0.15) is 29.1 Å². The van der Waals surface area contributed by atoms with Gasteiger partial charge in [0.15, 0.2) is 0 Å². The third-order valence-corrected chi connectivity index (χ3v) is 4.15. The maximum Gasteiger partial charge on any atom is 0.262 e. The van der Waals surface area contributed by atoms with E-state index in [1.165, 1.54) is 11.3 Å². The molecule has 118 valence electrons. The van der Waals surface area contributed by atoms with Gasteiger partial charge in [0.25, 0.3) is 5.91 Å². The number of hydrogen-bond acceptors (Lipinski definition) is 3. The van der Waals surface area contributed by atoms with Gasteiger partial charge in [0.2, 0.25) is 5.91 Å².